The van der Waals surface area contributed by atoms with Crippen LogP contribution in [0.3, 0.4) is 0 Å². The van der Waals surface area contributed by atoms with Crippen molar-refractivity contribution in [2.45, 2.75) is 19.4 Å². The number of hydrogen-bond donors (Lipinski definition) is 2. The molecule has 18 heavy (non-hydrogen) atoms. The maximum absolute atomic E-state index is 11.8. The van der Waals surface area contributed by atoms with E-state index < -0.39 is 15.6 Å². The molecule has 2 N–H and O–H groups in total. The molecule has 1 aromatic heterocycles. The van der Waals surface area contributed by atoms with Crippen LogP contribution in [0.25, 0.3) is 0 Å². The number of halogens is 1. The molecule has 9 heteroatoms. The van der Waals surface area contributed by atoms with Crippen LogP contribution in [-0.4, -0.2) is 37.6 Å². The lowest BCUT2D eigenvalue weighted by Crippen LogP contribution is -2.50. The van der Waals surface area contributed by atoms with E-state index in [-0.39, 0.29) is 12.5 Å². The van der Waals surface area contributed by atoms with Crippen LogP contribution in [0.5, 0.6) is 0 Å². The smallest absolute Gasteiger partial charge is 0.264 e. The van der Waals surface area contributed by atoms with Crippen molar-refractivity contribution in [1.29, 1.82) is 0 Å². The number of carbonyl (C=O) groups is 1. The van der Waals surface area contributed by atoms with Gasteiger partial charge in [-0.2, -0.15) is 0 Å². The Morgan fingerprint density at radius 1 is 1.56 bits per heavy atom. The van der Waals surface area contributed by atoms with E-state index in [1.165, 1.54) is 11.3 Å². The highest BCUT2D eigenvalue weighted by Gasteiger charge is 2.23. The van der Waals surface area contributed by atoms with Gasteiger partial charge in [0, 0.05) is 12.1 Å². The third kappa shape index (κ3) is 5.01. The number of sulfonamides is 1. The highest BCUT2D eigenvalue weighted by molar-refractivity contribution is 9.10. The van der Waals surface area contributed by atoms with Gasteiger partial charge in [0.15, 0.2) is 0 Å². The number of nitrogens with one attached hydrogen (secondary N) is 2. The number of rotatable bonds is 5. The molecule has 0 unspecified atom stereocenters. The van der Waals surface area contributed by atoms with Crippen LogP contribution in [0.15, 0.2) is 10.1 Å². The van der Waals surface area contributed by atoms with Gasteiger partial charge in [0.2, 0.25) is 10.0 Å². The van der Waals surface area contributed by atoms with Gasteiger partial charge in [-0.1, -0.05) is 0 Å². The molecule has 6 nitrogen and oxygen atoms in total. The van der Waals surface area contributed by atoms with E-state index >= 15 is 0 Å². The molecule has 0 aliphatic rings. The summed E-state index contributed by atoms with van der Waals surface area (Å²) in [6.45, 7) is 3.56. The van der Waals surface area contributed by atoms with Crippen LogP contribution in [-0.2, 0) is 10.0 Å². The Morgan fingerprint density at radius 3 is 2.61 bits per heavy atom. The molecule has 1 aromatic rings. The Hall–Kier alpha value is -0.510. The van der Waals surface area contributed by atoms with Crippen molar-refractivity contribution >= 4 is 43.2 Å². The van der Waals surface area contributed by atoms with E-state index in [0.29, 0.717) is 9.48 Å². The molecular formula is C9H14BrN3O3S2. The highest BCUT2D eigenvalue weighted by atomic mass is 79.9. The van der Waals surface area contributed by atoms with Crippen LogP contribution in [0.4, 0.5) is 0 Å². The molecule has 102 valence electrons. The van der Waals surface area contributed by atoms with Gasteiger partial charge >= 0.3 is 0 Å². The average molecular weight is 356 g/mol. The SMILES string of the molecule is CC(C)(CNC(=O)c1scnc1Br)NS(C)(=O)=O. The molecule has 0 atom stereocenters. The topological polar surface area (TPSA) is 88.2 Å². The molecule has 0 fully saturated rings. The Kier molecular flexibility index (Phi) is 4.87. The fraction of sp³-hybridized carbons (Fsp3) is 0.556. The molecule has 0 aliphatic carbocycles. The van der Waals surface area contributed by atoms with Gasteiger partial charge in [-0.05, 0) is 29.8 Å². The first-order valence-electron chi connectivity index (χ1n) is 4.97. The van der Waals surface area contributed by atoms with E-state index in [0.717, 1.165) is 6.26 Å². The Labute approximate surface area is 118 Å². The Bertz CT molecular complexity index is 539. The minimum absolute atomic E-state index is 0.184. The summed E-state index contributed by atoms with van der Waals surface area (Å²) < 4.78 is 25.2. The second-order valence-corrected chi connectivity index (χ2v) is 7.77. The van der Waals surface area contributed by atoms with Gasteiger partial charge in [0.25, 0.3) is 5.91 Å². The molecule has 0 saturated carbocycles. The molecule has 1 rings (SSSR count). The fourth-order valence-electron chi connectivity index (χ4n) is 1.30. The van der Waals surface area contributed by atoms with Gasteiger partial charge in [0.05, 0.1) is 11.8 Å². The third-order valence-corrected chi connectivity index (χ3v) is 4.50. The zero-order chi connectivity index (χ0) is 14.0. The summed E-state index contributed by atoms with van der Waals surface area (Å²) in [6.07, 6.45) is 1.08. The summed E-state index contributed by atoms with van der Waals surface area (Å²) in [5.41, 5.74) is 0.805. The first-order valence-corrected chi connectivity index (χ1v) is 8.53. The molecule has 0 saturated heterocycles. The summed E-state index contributed by atoms with van der Waals surface area (Å²) in [5, 5.41) is 2.66. The summed E-state index contributed by atoms with van der Waals surface area (Å²) in [6, 6.07) is 0. The summed E-state index contributed by atoms with van der Waals surface area (Å²) in [5.74, 6) is -0.284. The lowest BCUT2D eigenvalue weighted by Gasteiger charge is -2.25. The van der Waals surface area contributed by atoms with Crippen molar-refractivity contribution in [3.8, 4) is 0 Å². The fourth-order valence-corrected chi connectivity index (χ4v) is 3.67. The zero-order valence-corrected chi connectivity index (χ0v) is 13.4. The molecule has 0 spiro atoms. The monoisotopic (exact) mass is 355 g/mol. The summed E-state index contributed by atoms with van der Waals surface area (Å²) >= 11 is 4.38. The first kappa shape index (κ1) is 15.5. The average Bonchev–Trinajstić information content (AvgIpc) is 2.57. The molecule has 1 heterocycles. The van der Waals surface area contributed by atoms with Gasteiger partial charge < -0.3 is 5.32 Å². The van der Waals surface area contributed by atoms with Gasteiger partial charge in [-0.3, -0.25) is 4.79 Å². The number of thiazole rings is 1. The number of aromatic nitrogens is 1. The van der Waals surface area contributed by atoms with Crippen LogP contribution in [0.1, 0.15) is 23.5 Å². The van der Waals surface area contributed by atoms with E-state index in [1.54, 1.807) is 19.4 Å². The Morgan fingerprint density at radius 2 is 2.17 bits per heavy atom. The number of carbonyl (C=O) groups excluding carboxylic acids is 1. The lowest BCUT2D eigenvalue weighted by molar-refractivity contribution is 0.0947. The van der Waals surface area contributed by atoms with Gasteiger partial charge in [-0.25, -0.2) is 18.1 Å². The molecule has 0 radical (unpaired) electrons. The van der Waals surface area contributed by atoms with Crippen LogP contribution in [0, 0.1) is 0 Å². The van der Waals surface area contributed by atoms with Crippen molar-refractivity contribution in [1.82, 2.24) is 15.0 Å². The van der Waals surface area contributed by atoms with Crippen molar-refractivity contribution in [2.75, 3.05) is 12.8 Å². The normalized spacial score (nSPS) is 12.4. The highest BCUT2D eigenvalue weighted by Crippen LogP contribution is 2.18. The second kappa shape index (κ2) is 5.64. The minimum atomic E-state index is -3.31. The molecule has 0 bridgehead atoms. The maximum atomic E-state index is 11.8. The summed E-state index contributed by atoms with van der Waals surface area (Å²) in [7, 11) is -3.31. The van der Waals surface area contributed by atoms with E-state index in [1.807, 2.05) is 0 Å². The van der Waals surface area contributed by atoms with E-state index in [4.69, 9.17) is 0 Å². The number of amides is 1. The zero-order valence-electron chi connectivity index (χ0n) is 10.2. The quantitative estimate of drug-likeness (QED) is 0.823. The summed E-state index contributed by atoms with van der Waals surface area (Å²) in [4.78, 5) is 16.2. The van der Waals surface area contributed by atoms with E-state index in [2.05, 4.69) is 31.0 Å². The van der Waals surface area contributed by atoms with Crippen LogP contribution in [0.2, 0.25) is 0 Å². The predicted molar refractivity (Wildman–Crippen MR) is 74.2 cm³/mol. The second-order valence-electron chi connectivity index (χ2n) is 4.41. The predicted octanol–water partition coefficient (Wildman–Crippen LogP) is 0.963. The van der Waals surface area contributed by atoms with Crippen molar-refractivity contribution in [3.63, 3.8) is 0 Å². The standard InChI is InChI=1S/C9H14BrN3O3S2/c1-9(2,13-18(3,15)16)4-11-8(14)6-7(10)12-5-17-6/h5,13H,4H2,1-3H3,(H,11,14). The van der Waals surface area contributed by atoms with Gasteiger partial charge in [0.1, 0.15) is 9.48 Å². The van der Waals surface area contributed by atoms with Crippen LogP contribution >= 0.6 is 27.3 Å². The number of hydrogen-bond acceptors (Lipinski definition) is 5. The number of nitrogens with zero attached hydrogens (tertiary/aromatic N) is 1. The minimum Gasteiger partial charge on any atom is -0.349 e. The van der Waals surface area contributed by atoms with Crippen molar-refractivity contribution < 1.29 is 13.2 Å². The first-order chi connectivity index (χ1) is 8.11. The van der Waals surface area contributed by atoms with Crippen molar-refractivity contribution in [3.05, 3.63) is 15.0 Å². The maximum Gasteiger partial charge on any atom is 0.264 e. The molecular weight excluding hydrogens is 342 g/mol. The lowest BCUT2D eigenvalue weighted by atomic mass is 10.1. The van der Waals surface area contributed by atoms with Crippen LogP contribution < -0.4 is 10.0 Å². The molecule has 1 amide bonds. The third-order valence-electron chi connectivity index (χ3n) is 1.88. The molecule has 0 aromatic carbocycles. The van der Waals surface area contributed by atoms with E-state index in [9.17, 15) is 13.2 Å². The molecule has 0 aliphatic heterocycles. The van der Waals surface area contributed by atoms with Crippen molar-refractivity contribution in [2.24, 2.45) is 0 Å². The Balaban J connectivity index is 2.61. The van der Waals surface area contributed by atoms with Gasteiger partial charge in [-0.15, -0.1) is 11.3 Å². The largest absolute Gasteiger partial charge is 0.349 e.